The minimum absolute atomic E-state index is 0.107. The zero-order valence-electron chi connectivity index (χ0n) is 15.7. The standard InChI is InChI=1S/C20H23N5O2/c1-4-5-10-20(23-24-20)11-12-21-19(27)16-8-9-18(26)25(22-16)17-13-14(2)6-7-15(17)3/h1,6-7,13H,5,8-12H2,2-3H3,(H,21,27). The summed E-state index contributed by atoms with van der Waals surface area (Å²) in [6, 6.07) is 5.83. The normalized spacial score (nSPS) is 17.3. The first-order valence-electron chi connectivity index (χ1n) is 9.07. The van der Waals surface area contributed by atoms with Gasteiger partial charge in [-0.3, -0.25) is 9.59 Å². The smallest absolute Gasteiger partial charge is 0.267 e. The molecule has 0 radical (unpaired) electrons. The second kappa shape index (κ2) is 7.70. The van der Waals surface area contributed by atoms with Crippen molar-refractivity contribution in [3.05, 3.63) is 29.3 Å². The highest BCUT2D eigenvalue weighted by atomic mass is 16.2. The molecule has 2 aliphatic rings. The van der Waals surface area contributed by atoms with E-state index in [0.717, 1.165) is 11.1 Å². The summed E-state index contributed by atoms with van der Waals surface area (Å²) in [5, 5.41) is 16.6. The van der Waals surface area contributed by atoms with E-state index in [1.165, 1.54) is 5.01 Å². The molecule has 7 nitrogen and oxygen atoms in total. The molecule has 7 heteroatoms. The van der Waals surface area contributed by atoms with Gasteiger partial charge in [0.2, 0.25) is 5.91 Å². The number of hydrogen-bond donors (Lipinski definition) is 1. The van der Waals surface area contributed by atoms with Gasteiger partial charge in [-0.15, -0.1) is 12.3 Å². The second-order valence-corrected chi connectivity index (χ2v) is 6.93. The van der Waals surface area contributed by atoms with E-state index in [2.05, 4.69) is 26.6 Å². The Morgan fingerprint density at radius 2 is 2.07 bits per heavy atom. The van der Waals surface area contributed by atoms with Crippen LogP contribution < -0.4 is 10.3 Å². The average Bonchev–Trinajstić information content (AvgIpc) is 3.42. The number of amides is 2. The van der Waals surface area contributed by atoms with Gasteiger partial charge in [-0.05, 0) is 31.0 Å². The number of aryl methyl sites for hydroxylation is 2. The fourth-order valence-electron chi connectivity index (χ4n) is 3.00. The van der Waals surface area contributed by atoms with E-state index in [4.69, 9.17) is 6.42 Å². The summed E-state index contributed by atoms with van der Waals surface area (Å²) in [4.78, 5) is 24.8. The number of terminal acetylenes is 1. The van der Waals surface area contributed by atoms with Crippen molar-refractivity contribution in [2.75, 3.05) is 11.6 Å². The molecule has 2 aliphatic heterocycles. The number of nitrogens with zero attached hydrogens (tertiary/aromatic N) is 4. The topological polar surface area (TPSA) is 86.5 Å². The molecule has 0 bridgehead atoms. The Labute approximate surface area is 158 Å². The van der Waals surface area contributed by atoms with Crippen LogP contribution >= 0.6 is 0 Å². The van der Waals surface area contributed by atoms with E-state index in [1.54, 1.807) is 0 Å². The Balaban J connectivity index is 1.63. The number of anilines is 1. The number of carbonyl (C=O) groups is 2. The van der Waals surface area contributed by atoms with Crippen molar-refractivity contribution in [2.24, 2.45) is 15.3 Å². The first-order chi connectivity index (χ1) is 12.9. The van der Waals surface area contributed by atoms with E-state index in [9.17, 15) is 9.59 Å². The molecule has 3 rings (SSSR count). The van der Waals surface area contributed by atoms with Crippen LogP contribution in [0.5, 0.6) is 0 Å². The summed E-state index contributed by atoms with van der Waals surface area (Å²) in [6.45, 7) is 4.32. The van der Waals surface area contributed by atoms with Crippen molar-refractivity contribution in [2.45, 2.75) is 51.6 Å². The van der Waals surface area contributed by atoms with Crippen molar-refractivity contribution in [1.82, 2.24) is 5.32 Å². The lowest BCUT2D eigenvalue weighted by molar-refractivity contribution is -0.118. The van der Waals surface area contributed by atoms with E-state index in [1.807, 2.05) is 32.0 Å². The number of nitrogens with one attached hydrogen (secondary N) is 1. The maximum atomic E-state index is 12.5. The van der Waals surface area contributed by atoms with Crippen LogP contribution in [-0.2, 0) is 9.59 Å². The lowest BCUT2D eigenvalue weighted by Crippen LogP contribution is -2.40. The molecule has 2 amide bonds. The van der Waals surface area contributed by atoms with Crippen LogP contribution in [-0.4, -0.2) is 29.7 Å². The van der Waals surface area contributed by atoms with Crippen LogP contribution in [0.2, 0.25) is 0 Å². The lowest BCUT2D eigenvalue weighted by Gasteiger charge is -2.25. The summed E-state index contributed by atoms with van der Waals surface area (Å²) < 4.78 is 0. The van der Waals surface area contributed by atoms with Crippen molar-refractivity contribution >= 4 is 23.2 Å². The minimum atomic E-state index is -0.422. The monoisotopic (exact) mass is 365 g/mol. The number of rotatable bonds is 7. The molecule has 1 N–H and O–H groups in total. The largest absolute Gasteiger partial charge is 0.351 e. The molecular weight excluding hydrogens is 342 g/mol. The van der Waals surface area contributed by atoms with E-state index >= 15 is 0 Å². The molecule has 0 saturated carbocycles. The SMILES string of the molecule is C#CCCC1(CCNC(=O)C2=NN(c3cc(C)ccc3C)C(=O)CC2)N=N1. The molecule has 140 valence electrons. The van der Waals surface area contributed by atoms with Crippen molar-refractivity contribution < 1.29 is 9.59 Å². The first kappa shape index (κ1) is 18.8. The van der Waals surface area contributed by atoms with Crippen LogP contribution in [0.25, 0.3) is 0 Å². The Hall–Kier alpha value is -3.01. The maximum absolute atomic E-state index is 12.5. The zero-order valence-corrected chi connectivity index (χ0v) is 15.7. The molecule has 0 saturated heterocycles. The summed E-state index contributed by atoms with van der Waals surface area (Å²) in [5.74, 6) is 2.22. The first-order valence-corrected chi connectivity index (χ1v) is 9.07. The van der Waals surface area contributed by atoms with Gasteiger partial charge < -0.3 is 5.32 Å². The Morgan fingerprint density at radius 3 is 2.78 bits per heavy atom. The number of hydrogen-bond acceptors (Lipinski definition) is 5. The van der Waals surface area contributed by atoms with Crippen molar-refractivity contribution in [3.8, 4) is 12.3 Å². The Kier molecular flexibility index (Phi) is 5.36. The average molecular weight is 365 g/mol. The lowest BCUT2D eigenvalue weighted by atomic mass is 10.0. The zero-order chi connectivity index (χ0) is 19.4. The quantitative estimate of drug-likeness (QED) is 0.753. The summed E-state index contributed by atoms with van der Waals surface area (Å²) in [6.07, 6.45) is 7.81. The fraction of sp³-hybridized carbons (Fsp3) is 0.450. The van der Waals surface area contributed by atoms with Gasteiger partial charge in [-0.25, -0.2) is 5.01 Å². The minimum Gasteiger partial charge on any atom is -0.351 e. The molecule has 0 spiro atoms. The van der Waals surface area contributed by atoms with Crippen molar-refractivity contribution in [1.29, 1.82) is 0 Å². The maximum Gasteiger partial charge on any atom is 0.267 e. The highest BCUT2D eigenvalue weighted by Crippen LogP contribution is 2.36. The van der Waals surface area contributed by atoms with Crippen LogP contribution in [0.4, 0.5) is 5.69 Å². The second-order valence-electron chi connectivity index (χ2n) is 6.93. The Morgan fingerprint density at radius 1 is 1.30 bits per heavy atom. The van der Waals surface area contributed by atoms with Gasteiger partial charge in [-0.2, -0.15) is 15.3 Å². The van der Waals surface area contributed by atoms with Gasteiger partial charge in [0.15, 0.2) is 5.66 Å². The van der Waals surface area contributed by atoms with Crippen LogP contribution in [0, 0.1) is 26.2 Å². The van der Waals surface area contributed by atoms with Gasteiger partial charge in [0, 0.05) is 38.6 Å². The fourth-order valence-corrected chi connectivity index (χ4v) is 3.00. The number of carbonyl (C=O) groups excluding carboxylic acids is 2. The molecule has 0 aromatic heterocycles. The van der Waals surface area contributed by atoms with Gasteiger partial charge in [-0.1, -0.05) is 12.1 Å². The molecular formula is C20H23N5O2. The number of benzene rings is 1. The third-order valence-electron chi connectivity index (χ3n) is 4.75. The van der Waals surface area contributed by atoms with Gasteiger partial charge >= 0.3 is 0 Å². The summed E-state index contributed by atoms with van der Waals surface area (Å²) >= 11 is 0. The van der Waals surface area contributed by atoms with Gasteiger partial charge in [0.05, 0.1) is 5.69 Å². The molecule has 0 aliphatic carbocycles. The molecule has 0 unspecified atom stereocenters. The Bertz CT molecular complexity index is 860. The molecule has 1 aromatic rings. The third-order valence-corrected chi connectivity index (χ3v) is 4.75. The molecule has 0 fully saturated rings. The van der Waals surface area contributed by atoms with E-state index in [0.29, 0.717) is 43.6 Å². The predicted octanol–water partition coefficient (Wildman–Crippen LogP) is 2.87. The highest BCUT2D eigenvalue weighted by molar-refractivity contribution is 6.40. The van der Waals surface area contributed by atoms with Crippen LogP contribution in [0.1, 0.15) is 43.2 Å². The molecule has 2 heterocycles. The molecule has 0 atom stereocenters. The molecule has 1 aromatic carbocycles. The third kappa shape index (κ3) is 4.40. The van der Waals surface area contributed by atoms with E-state index in [-0.39, 0.29) is 18.2 Å². The van der Waals surface area contributed by atoms with Gasteiger partial charge in [0.25, 0.3) is 5.91 Å². The highest BCUT2D eigenvalue weighted by Gasteiger charge is 2.38. The summed E-state index contributed by atoms with van der Waals surface area (Å²) in [7, 11) is 0. The predicted molar refractivity (Wildman–Crippen MR) is 103 cm³/mol. The molecule has 27 heavy (non-hydrogen) atoms. The van der Waals surface area contributed by atoms with Gasteiger partial charge in [0.1, 0.15) is 5.71 Å². The van der Waals surface area contributed by atoms with Crippen LogP contribution in [0.3, 0.4) is 0 Å². The van der Waals surface area contributed by atoms with E-state index < -0.39 is 5.66 Å². The van der Waals surface area contributed by atoms with Crippen molar-refractivity contribution in [3.63, 3.8) is 0 Å². The summed E-state index contributed by atoms with van der Waals surface area (Å²) in [5.41, 5.74) is 2.62. The number of hydrazone groups is 1. The van der Waals surface area contributed by atoms with Crippen LogP contribution in [0.15, 0.2) is 33.5 Å².